The normalized spacial score (nSPS) is 19.2. The van der Waals surface area contributed by atoms with E-state index < -0.39 is 5.62 Å². The van der Waals surface area contributed by atoms with Crippen molar-refractivity contribution in [2.75, 3.05) is 62.9 Å². The summed E-state index contributed by atoms with van der Waals surface area (Å²) in [5.74, 6) is 0.283. The molecule has 2 atom stereocenters. The lowest BCUT2D eigenvalue weighted by molar-refractivity contribution is -0.117. The number of fused-ring (bicyclic) bond motifs is 3. The van der Waals surface area contributed by atoms with E-state index in [1.807, 2.05) is 30.1 Å². The average molecular weight is 757 g/mol. The molecule has 290 valence electrons. The number of benzene rings is 1. The number of rotatable bonds is 12. The summed E-state index contributed by atoms with van der Waals surface area (Å²) in [7, 11) is 12.3. The molecule has 56 heavy (non-hydrogen) atoms. The SMILES string of the molecule is CN1CCCC1.[B]C(O)(c1cccc(C=O)n1)N1CC(n2ncc3c2C(CC)N(C)c2c(Nc4cc(NC(=O)C5CC5)nc(/C=C\NC)c4C=O)cccc2-3)C1. The van der Waals surface area contributed by atoms with Crippen LogP contribution in [0.25, 0.3) is 17.2 Å². The van der Waals surface area contributed by atoms with Gasteiger partial charge < -0.3 is 30.9 Å². The molecule has 4 N–H and O–H groups in total. The highest BCUT2D eigenvalue weighted by molar-refractivity contribution is 6.14. The Balaban J connectivity index is 0.000000733. The molecule has 14 nitrogen and oxygen atoms in total. The zero-order chi connectivity index (χ0) is 39.6. The number of pyridine rings is 2. The maximum Gasteiger partial charge on any atom is 0.228 e. The lowest BCUT2D eigenvalue weighted by Gasteiger charge is -2.49. The van der Waals surface area contributed by atoms with Gasteiger partial charge in [-0.25, -0.2) is 9.97 Å². The van der Waals surface area contributed by atoms with Crippen LogP contribution in [0.5, 0.6) is 0 Å². The quantitative estimate of drug-likeness (QED) is 0.117. The summed E-state index contributed by atoms with van der Waals surface area (Å²) in [5, 5.41) is 25.4. The zero-order valence-electron chi connectivity index (χ0n) is 32.4. The molecule has 3 aromatic heterocycles. The van der Waals surface area contributed by atoms with Gasteiger partial charge in [-0.05, 0) is 82.7 Å². The summed E-state index contributed by atoms with van der Waals surface area (Å²) in [6, 6.07) is 12.4. The molecule has 2 unspecified atom stereocenters. The van der Waals surface area contributed by atoms with Crippen LogP contribution in [0.4, 0.5) is 22.9 Å². The minimum Gasteiger partial charge on any atom is -0.394 e. The summed E-state index contributed by atoms with van der Waals surface area (Å²) >= 11 is 0. The zero-order valence-corrected chi connectivity index (χ0v) is 32.4. The molecule has 3 aliphatic heterocycles. The lowest BCUT2D eigenvalue weighted by Crippen LogP contribution is -2.59. The van der Waals surface area contributed by atoms with Crippen LogP contribution in [0.3, 0.4) is 0 Å². The van der Waals surface area contributed by atoms with Gasteiger partial charge in [-0.3, -0.25) is 24.0 Å². The van der Waals surface area contributed by atoms with Crippen LogP contribution in [0.2, 0.25) is 0 Å². The highest BCUT2D eigenvalue weighted by Gasteiger charge is 2.44. The van der Waals surface area contributed by atoms with Gasteiger partial charge in [0.25, 0.3) is 0 Å². The predicted molar refractivity (Wildman–Crippen MR) is 218 cm³/mol. The van der Waals surface area contributed by atoms with Crippen LogP contribution in [0.15, 0.2) is 54.9 Å². The van der Waals surface area contributed by atoms with Crippen molar-refractivity contribution >= 4 is 55.3 Å². The molecule has 4 aliphatic rings. The van der Waals surface area contributed by atoms with E-state index in [1.165, 1.54) is 25.9 Å². The third-order valence-corrected chi connectivity index (χ3v) is 11.1. The first-order valence-corrected chi connectivity index (χ1v) is 19.3. The number of carbonyl (C=O) groups excluding carboxylic acids is 3. The Bertz CT molecular complexity index is 2120. The number of aliphatic hydroxyl groups is 1. The van der Waals surface area contributed by atoms with Crippen LogP contribution >= 0.6 is 0 Å². The van der Waals surface area contributed by atoms with E-state index in [0.29, 0.717) is 42.1 Å². The van der Waals surface area contributed by atoms with E-state index in [4.69, 9.17) is 12.9 Å². The maximum atomic E-state index is 12.7. The number of likely N-dealkylation sites (tertiary alicyclic amines) is 2. The number of anilines is 4. The van der Waals surface area contributed by atoms with Crippen LogP contribution in [-0.2, 0) is 10.4 Å². The number of amides is 1. The Hall–Kier alpha value is -5.38. The number of aromatic nitrogens is 4. The van der Waals surface area contributed by atoms with Gasteiger partial charge in [-0.2, -0.15) is 5.10 Å². The van der Waals surface area contributed by atoms with Crippen molar-refractivity contribution in [3.63, 3.8) is 0 Å². The standard InChI is InChI=1S/C36H38BN9O4.C5H11N/c1-4-30-34-25(16-39-46(34)23-17-45(18-23)36(37,50)31-10-5-7-22(19-47)40-31)24-8-6-9-28(33(24)44(30)3)41-29-15-32(43-35(49)21-11-12-21)42-27(13-14-38-2)26(29)20-48;1-6-4-2-3-5-6/h5-10,13-16,19-21,23,30,38,50H,4,11-12,17-18H2,1-3H3,(H2,41,42,43,49);2-5H2,1H3/b14-13-;. The third-order valence-electron chi connectivity index (χ3n) is 11.1. The fourth-order valence-electron chi connectivity index (χ4n) is 7.77. The monoisotopic (exact) mass is 756 g/mol. The molecule has 1 aromatic carbocycles. The third kappa shape index (κ3) is 7.71. The molecule has 2 saturated heterocycles. The Morgan fingerprint density at radius 3 is 2.41 bits per heavy atom. The van der Waals surface area contributed by atoms with E-state index in [-0.39, 0.29) is 35.3 Å². The summed E-state index contributed by atoms with van der Waals surface area (Å²) in [6.07, 6.45) is 12.0. The second-order valence-corrected chi connectivity index (χ2v) is 15.0. The van der Waals surface area contributed by atoms with E-state index >= 15 is 0 Å². The second-order valence-electron chi connectivity index (χ2n) is 15.0. The molecule has 3 fully saturated rings. The van der Waals surface area contributed by atoms with Crippen molar-refractivity contribution < 1.29 is 19.5 Å². The number of carbonyl (C=O) groups is 3. The Morgan fingerprint density at radius 1 is 1.02 bits per heavy atom. The van der Waals surface area contributed by atoms with E-state index in [0.717, 1.165) is 53.7 Å². The predicted octanol–water partition coefficient (Wildman–Crippen LogP) is 4.69. The molecule has 0 bridgehead atoms. The first kappa shape index (κ1) is 38.9. The van der Waals surface area contributed by atoms with Gasteiger partial charge >= 0.3 is 0 Å². The molecule has 4 aromatic rings. The summed E-state index contributed by atoms with van der Waals surface area (Å²) in [6.45, 7) is 5.63. The minimum absolute atomic E-state index is 0.00636. The fraction of sp³-hybridized carbons (Fsp3) is 0.415. The van der Waals surface area contributed by atoms with Crippen LogP contribution in [0, 0.1) is 5.92 Å². The highest BCUT2D eigenvalue weighted by Crippen LogP contribution is 2.50. The lowest BCUT2D eigenvalue weighted by atomic mass is 9.82. The Labute approximate surface area is 328 Å². The van der Waals surface area contributed by atoms with Crippen molar-refractivity contribution in [1.82, 2.24) is 34.9 Å². The number of aldehydes is 2. The van der Waals surface area contributed by atoms with Crippen LogP contribution in [-0.4, -0.2) is 108 Å². The summed E-state index contributed by atoms with van der Waals surface area (Å²) < 4.78 is 2.04. The van der Waals surface area contributed by atoms with Gasteiger partial charge in [-0.1, -0.05) is 25.1 Å². The van der Waals surface area contributed by atoms with Crippen molar-refractivity contribution in [2.24, 2.45) is 5.92 Å². The van der Waals surface area contributed by atoms with Crippen LogP contribution < -0.4 is 20.9 Å². The molecule has 15 heteroatoms. The molecular formula is C41H49BN10O4. The first-order valence-electron chi connectivity index (χ1n) is 19.3. The van der Waals surface area contributed by atoms with Crippen LogP contribution in [0.1, 0.15) is 89.0 Å². The van der Waals surface area contributed by atoms with Gasteiger partial charge in [0, 0.05) is 50.3 Å². The number of hydrogen-bond acceptors (Lipinski definition) is 12. The molecular weight excluding hydrogens is 707 g/mol. The van der Waals surface area contributed by atoms with Gasteiger partial charge in [0.1, 0.15) is 25.0 Å². The van der Waals surface area contributed by atoms with Crippen molar-refractivity contribution in [2.45, 2.75) is 56.7 Å². The van der Waals surface area contributed by atoms with Gasteiger partial charge in [0.15, 0.2) is 12.6 Å². The number of nitrogens with one attached hydrogen (secondary N) is 3. The first-order chi connectivity index (χ1) is 27.1. The summed E-state index contributed by atoms with van der Waals surface area (Å²) in [4.78, 5) is 51.5. The van der Waals surface area contributed by atoms with Gasteiger partial charge in [-0.15, -0.1) is 0 Å². The molecule has 0 spiro atoms. The molecule has 6 heterocycles. The molecule has 1 saturated carbocycles. The van der Waals surface area contributed by atoms with E-state index in [9.17, 15) is 19.5 Å². The van der Waals surface area contributed by atoms with Crippen molar-refractivity contribution in [3.8, 4) is 11.1 Å². The van der Waals surface area contributed by atoms with Gasteiger partial charge in [0.05, 0.1) is 58.0 Å². The number of hydrogen-bond donors (Lipinski definition) is 4. The topological polar surface area (TPSA) is 161 Å². The smallest absolute Gasteiger partial charge is 0.228 e. The van der Waals surface area contributed by atoms with Gasteiger partial charge in [0.2, 0.25) is 5.91 Å². The Morgan fingerprint density at radius 2 is 1.77 bits per heavy atom. The number of para-hydroxylation sites is 1. The fourth-order valence-corrected chi connectivity index (χ4v) is 7.77. The van der Waals surface area contributed by atoms with Crippen molar-refractivity contribution in [1.29, 1.82) is 0 Å². The number of nitrogens with zero attached hydrogens (tertiary/aromatic N) is 7. The molecule has 1 aliphatic carbocycles. The largest absolute Gasteiger partial charge is 0.394 e. The molecule has 8 rings (SSSR count). The molecule has 2 radical (unpaired) electrons. The minimum atomic E-state index is -1.84. The van der Waals surface area contributed by atoms with Crippen molar-refractivity contribution in [3.05, 3.63) is 83.2 Å². The average Bonchev–Trinajstić information content (AvgIpc) is 3.78. The molecule has 1 amide bonds. The Kier molecular flexibility index (Phi) is 11.4. The highest BCUT2D eigenvalue weighted by atomic mass is 16.3. The van der Waals surface area contributed by atoms with E-state index in [2.05, 4.69) is 55.8 Å². The second kappa shape index (κ2) is 16.4. The van der Waals surface area contributed by atoms with E-state index in [1.54, 1.807) is 48.5 Å². The maximum absolute atomic E-state index is 12.7. The summed E-state index contributed by atoms with van der Waals surface area (Å²) in [5.41, 5.74) is 4.63.